The van der Waals surface area contributed by atoms with E-state index in [9.17, 15) is 14.9 Å². The lowest BCUT2D eigenvalue weighted by molar-refractivity contribution is -0.385. The molecule has 1 aromatic rings. The van der Waals surface area contributed by atoms with Gasteiger partial charge in [0.25, 0.3) is 5.69 Å². The van der Waals surface area contributed by atoms with Crippen molar-refractivity contribution < 1.29 is 9.72 Å². The Morgan fingerprint density at radius 3 is 2.60 bits per heavy atom. The summed E-state index contributed by atoms with van der Waals surface area (Å²) in [5, 5.41) is 19.4. The zero-order valence-corrected chi connectivity index (χ0v) is 9.81. The lowest BCUT2D eigenvalue weighted by Gasteiger charge is -2.01. The number of ketones is 1. The average molecular weight is 316 g/mol. The van der Waals surface area contributed by atoms with E-state index in [1.807, 2.05) is 28.7 Å². The van der Waals surface area contributed by atoms with Gasteiger partial charge in [0.15, 0.2) is 5.78 Å². The van der Waals surface area contributed by atoms with Gasteiger partial charge in [0.2, 0.25) is 0 Å². The third-order valence-electron chi connectivity index (χ3n) is 1.78. The first-order valence-corrected chi connectivity index (χ1v) is 4.94. The summed E-state index contributed by atoms with van der Waals surface area (Å²) in [6.45, 7) is 1.23. The summed E-state index contributed by atoms with van der Waals surface area (Å²) in [5.74, 6) is -0.422. The Labute approximate surface area is 99.0 Å². The molecular formula is C9H5IN2O3. The van der Waals surface area contributed by atoms with Crippen LogP contribution in [0.3, 0.4) is 0 Å². The number of carbonyl (C=O) groups is 1. The number of halogens is 1. The highest BCUT2D eigenvalue weighted by Crippen LogP contribution is 2.24. The van der Waals surface area contributed by atoms with E-state index in [2.05, 4.69) is 0 Å². The van der Waals surface area contributed by atoms with Crippen molar-refractivity contribution in [1.29, 1.82) is 5.26 Å². The molecular weight excluding hydrogens is 311 g/mol. The highest BCUT2D eigenvalue weighted by molar-refractivity contribution is 14.1. The summed E-state index contributed by atoms with van der Waals surface area (Å²) in [5.41, 5.74) is -0.0192. The molecule has 0 saturated heterocycles. The van der Waals surface area contributed by atoms with Crippen molar-refractivity contribution in [2.45, 2.75) is 6.92 Å². The van der Waals surface area contributed by atoms with Crippen LogP contribution in [0.1, 0.15) is 22.8 Å². The topological polar surface area (TPSA) is 84.0 Å². The number of nitro benzene ring substituents is 1. The Hall–Kier alpha value is -1.49. The monoisotopic (exact) mass is 316 g/mol. The first-order chi connectivity index (χ1) is 6.97. The summed E-state index contributed by atoms with van der Waals surface area (Å²) in [6.07, 6.45) is 0. The Kier molecular flexibility index (Phi) is 3.36. The first-order valence-electron chi connectivity index (χ1n) is 3.86. The van der Waals surface area contributed by atoms with E-state index in [1.54, 1.807) is 0 Å². The molecule has 1 rings (SSSR count). The largest absolute Gasteiger partial charge is 0.294 e. The van der Waals surface area contributed by atoms with Crippen molar-refractivity contribution in [2.24, 2.45) is 0 Å². The molecule has 0 N–H and O–H groups in total. The van der Waals surface area contributed by atoms with Crippen molar-refractivity contribution >= 4 is 34.1 Å². The molecule has 0 amide bonds. The Balaban J connectivity index is 3.54. The van der Waals surface area contributed by atoms with Crippen LogP contribution in [0.4, 0.5) is 5.69 Å². The van der Waals surface area contributed by atoms with Gasteiger partial charge in [0.1, 0.15) is 6.07 Å². The van der Waals surface area contributed by atoms with Gasteiger partial charge >= 0.3 is 0 Å². The number of nitro groups is 1. The molecule has 0 aromatic heterocycles. The quantitative estimate of drug-likeness (QED) is 0.363. The number of hydrogen-bond acceptors (Lipinski definition) is 4. The molecule has 0 spiro atoms. The number of Topliss-reactive ketones (excluding diaryl/α,β-unsaturated/α-hetero) is 1. The molecule has 0 bridgehead atoms. The summed E-state index contributed by atoms with van der Waals surface area (Å²) in [6, 6.07) is 4.36. The van der Waals surface area contributed by atoms with Gasteiger partial charge in [-0.15, -0.1) is 0 Å². The second-order valence-corrected chi connectivity index (χ2v) is 3.94. The third-order valence-corrected chi connectivity index (χ3v) is 2.67. The predicted molar refractivity (Wildman–Crippen MR) is 60.5 cm³/mol. The van der Waals surface area contributed by atoms with Gasteiger partial charge in [-0.1, -0.05) is 0 Å². The van der Waals surface area contributed by atoms with Crippen LogP contribution >= 0.6 is 22.6 Å². The average Bonchev–Trinajstić information content (AvgIpc) is 2.16. The summed E-state index contributed by atoms with van der Waals surface area (Å²) < 4.78 is 0.465. The van der Waals surface area contributed by atoms with Gasteiger partial charge < -0.3 is 0 Å². The van der Waals surface area contributed by atoms with Gasteiger partial charge in [-0.3, -0.25) is 14.9 Å². The van der Waals surface area contributed by atoms with E-state index >= 15 is 0 Å². The Morgan fingerprint density at radius 2 is 2.20 bits per heavy atom. The minimum atomic E-state index is -0.625. The number of hydrogen-bond donors (Lipinski definition) is 0. The SMILES string of the molecule is CC(=O)c1cc(C#N)c(I)cc1[N+](=O)[O-]. The molecule has 0 atom stereocenters. The number of nitrogens with zero attached hydrogens (tertiary/aromatic N) is 2. The summed E-state index contributed by atoms with van der Waals surface area (Å²) >= 11 is 1.82. The Bertz CT molecular complexity index is 491. The third kappa shape index (κ3) is 2.30. The molecule has 76 valence electrons. The van der Waals surface area contributed by atoms with Crippen LogP contribution in [0.5, 0.6) is 0 Å². The summed E-state index contributed by atoms with van der Waals surface area (Å²) in [4.78, 5) is 21.2. The van der Waals surface area contributed by atoms with Crippen LogP contribution in [0.25, 0.3) is 0 Å². The predicted octanol–water partition coefficient (Wildman–Crippen LogP) is 2.27. The van der Waals surface area contributed by atoms with Crippen LogP contribution < -0.4 is 0 Å². The van der Waals surface area contributed by atoms with Gasteiger partial charge in [0.05, 0.1) is 16.1 Å². The van der Waals surface area contributed by atoms with E-state index in [0.29, 0.717) is 3.57 Å². The van der Waals surface area contributed by atoms with Crippen LogP contribution in [-0.2, 0) is 0 Å². The molecule has 1 aromatic carbocycles. The van der Waals surface area contributed by atoms with Crippen molar-refractivity contribution in [3.05, 3.63) is 36.9 Å². The molecule has 15 heavy (non-hydrogen) atoms. The zero-order valence-electron chi connectivity index (χ0n) is 7.65. The van der Waals surface area contributed by atoms with Gasteiger partial charge in [-0.25, -0.2) is 0 Å². The summed E-state index contributed by atoms with van der Waals surface area (Å²) in [7, 11) is 0. The van der Waals surface area contributed by atoms with Crippen LogP contribution in [-0.4, -0.2) is 10.7 Å². The number of nitriles is 1. The van der Waals surface area contributed by atoms with Crippen LogP contribution in [0, 0.1) is 25.0 Å². The van der Waals surface area contributed by atoms with E-state index in [1.165, 1.54) is 19.1 Å². The molecule has 0 unspecified atom stereocenters. The van der Waals surface area contributed by atoms with E-state index in [0.717, 1.165) is 0 Å². The minimum absolute atomic E-state index is 0.0306. The van der Waals surface area contributed by atoms with E-state index in [4.69, 9.17) is 5.26 Å². The van der Waals surface area contributed by atoms with Gasteiger partial charge in [-0.2, -0.15) is 5.26 Å². The molecule has 0 radical (unpaired) electrons. The standard InChI is InChI=1S/C9H5IN2O3/c1-5(13)7-2-6(4-11)8(10)3-9(7)12(14)15/h2-3H,1H3. The second kappa shape index (κ2) is 4.35. The Morgan fingerprint density at radius 1 is 1.60 bits per heavy atom. The smallest absolute Gasteiger partial charge is 0.281 e. The second-order valence-electron chi connectivity index (χ2n) is 2.77. The number of carbonyl (C=O) groups excluding carboxylic acids is 1. The molecule has 0 aliphatic carbocycles. The van der Waals surface area contributed by atoms with Gasteiger partial charge in [0, 0.05) is 9.64 Å². The first kappa shape index (κ1) is 11.6. The highest BCUT2D eigenvalue weighted by atomic mass is 127. The maximum absolute atomic E-state index is 11.1. The van der Waals surface area contributed by atoms with Crippen molar-refractivity contribution in [3.63, 3.8) is 0 Å². The van der Waals surface area contributed by atoms with Crippen molar-refractivity contribution in [3.8, 4) is 6.07 Å². The fraction of sp³-hybridized carbons (Fsp3) is 0.111. The number of benzene rings is 1. The molecule has 5 nitrogen and oxygen atoms in total. The molecule has 0 saturated carbocycles. The van der Waals surface area contributed by atoms with Crippen LogP contribution in [0.2, 0.25) is 0 Å². The molecule has 6 heteroatoms. The van der Waals surface area contributed by atoms with E-state index in [-0.39, 0.29) is 16.8 Å². The fourth-order valence-electron chi connectivity index (χ4n) is 1.08. The molecule has 0 aliphatic heterocycles. The maximum atomic E-state index is 11.1. The lowest BCUT2D eigenvalue weighted by atomic mass is 10.1. The number of rotatable bonds is 2. The molecule has 0 fully saturated rings. The maximum Gasteiger partial charge on any atom is 0.281 e. The van der Waals surface area contributed by atoms with Crippen LogP contribution in [0.15, 0.2) is 12.1 Å². The molecule has 0 heterocycles. The van der Waals surface area contributed by atoms with E-state index < -0.39 is 10.7 Å². The minimum Gasteiger partial charge on any atom is -0.294 e. The normalized spacial score (nSPS) is 9.40. The van der Waals surface area contributed by atoms with Crippen molar-refractivity contribution in [1.82, 2.24) is 0 Å². The zero-order chi connectivity index (χ0) is 11.6. The van der Waals surface area contributed by atoms with Crippen molar-refractivity contribution in [2.75, 3.05) is 0 Å². The highest BCUT2D eigenvalue weighted by Gasteiger charge is 2.19. The fourth-order valence-corrected chi connectivity index (χ4v) is 1.65. The lowest BCUT2D eigenvalue weighted by Crippen LogP contribution is -2.02. The molecule has 0 aliphatic rings. The van der Waals surface area contributed by atoms with Gasteiger partial charge in [-0.05, 0) is 35.6 Å².